The number of hydrogen-bond acceptors (Lipinski definition) is 3. The highest BCUT2D eigenvalue weighted by Crippen LogP contribution is 2.24. The third kappa shape index (κ3) is 2.69. The van der Waals surface area contributed by atoms with Gasteiger partial charge in [-0.1, -0.05) is 18.5 Å². The Labute approximate surface area is 106 Å². The summed E-state index contributed by atoms with van der Waals surface area (Å²) in [6.45, 7) is 4.11. The molecule has 1 aromatic heterocycles. The summed E-state index contributed by atoms with van der Waals surface area (Å²) in [6, 6.07) is 0. The Balaban J connectivity index is 2.19. The van der Waals surface area contributed by atoms with Gasteiger partial charge in [-0.25, -0.2) is 0 Å². The Morgan fingerprint density at radius 3 is 2.94 bits per heavy atom. The van der Waals surface area contributed by atoms with Crippen molar-refractivity contribution in [3.63, 3.8) is 0 Å². The number of rotatable bonds is 4. The standard InChI is InChI=1S/C12H17ClN2O2/c1-2-5-15-11(10(13)8-14-15)12(16)9-3-6-17-7-4-9/h8-9H,2-7H2,1H3. The SMILES string of the molecule is CCCn1ncc(Cl)c1C(=O)C1CCOCC1. The first-order valence-electron chi connectivity index (χ1n) is 6.07. The number of carbonyl (C=O) groups excluding carboxylic acids is 1. The number of nitrogens with zero attached hydrogens (tertiary/aromatic N) is 2. The highest BCUT2D eigenvalue weighted by molar-refractivity contribution is 6.33. The van der Waals surface area contributed by atoms with Crippen LogP contribution in [0.25, 0.3) is 0 Å². The van der Waals surface area contributed by atoms with Crippen LogP contribution in [-0.4, -0.2) is 28.8 Å². The molecule has 0 spiro atoms. The molecule has 2 rings (SSSR count). The Morgan fingerprint density at radius 1 is 1.59 bits per heavy atom. The summed E-state index contributed by atoms with van der Waals surface area (Å²) in [7, 11) is 0. The maximum absolute atomic E-state index is 12.4. The molecule has 0 aliphatic carbocycles. The van der Waals surface area contributed by atoms with E-state index in [2.05, 4.69) is 12.0 Å². The Hall–Kier alpha value is -0.870. The molecule has 0 bridgehead atoms. The molecule has 4 nitrogen and oxygen atoms in total. The van der Waals surface area contributed by atoms with E-state index in [1.807, 2.05) is 0 Å². The van der Waals surface area contributed by atoms with E-state index in [1.165, 1.54) is 0 Å². The number of Topliss-reactive ketones (excluding diaryl/α,β-unsaturated/α-hetero) is 1. The van der Waals surface area contributed by atoms with E-state index in [1.54, 1.807) is 10.9 Å². The summed E-state index contributed by atoms with van der Waals surface area (Å²) < 4.78 is 6.99. The maximum Gasteiger partial charge on any atom is 0.185 e. The number of carbonyl (C=O) groups is 1. The van der Waals surface area contributed by atoms with E-state index >= 15 is 0 Å². The van der Waals surface area contributed by atoms with Crippen molar-refractivity contribution in [2.75, 3.05) is 13.2 Å². The number of hydrogen-bond donors (Lipinski definition) is 0. The molecule has 1 saturated heterocycles. The van der Waals surface area contributed by atoms with Crippen molar-refractivity contribution in [3.05, 3.63) is 16.9 Å². The summed E-state index contributed by atoms with van der Waals surface area (Å²) in [5, 5.41) is 4.62. The minimum atomic E-state index is 0.0357. The molecule has 2 heterocycles. The monoisotopic (exact) mass is 256 g/mol. The van der Waals surface area contributed by atoms with E-state index in [0.29, 0.717) is 23.9 Å². The molecule has 1 fully saturated rings. The molecular formula is C12H17ClN2O2. The van der Waals surface area contributed by atoms with Crippen LogP contribution in [0, 0.1) is 5.92 Å². The lowest BCUT2D eigenvalue weighted by Crippen LogP contribution is -2.26. The number of ether oxygens (including phenoxy) is 1. The van der Waals surface area contributed by atoms with E-state index in [0.717, 1.165) is 25.8 Å². The van der Waals surface area contributed by atoms with Gasteiger partial charge in [0, 0.05) is 25.7 Å². The van der Waals surface area contributed by atoms with Crippen LogP contribution in [0.3, 0.4) is 0 Å². The van der Waals surface area contributed by atoms with Crippen LogP contribution in [0.2, 0.25) is 5.02 Å². The zero-order valence-electron chi connectivity index (χ0n) is 9.99. The molecule has 17 heavy (non-hydrogen) atoms. The zero-order chi connectivity index (χ0) is 12.3. The lowest BCUT2D eigenvalue weighted by atomic mass is 9.93. The Morgan fingerprint density at radius 2 is 2.29 bits per heavy atom. The van der Waals surface area contributed by atoms with Crippen LogP contribution in [0.1, 0.15) is 36.7 Å². The lowest BCUT2D eigenvalue weighted by Gasteiger charge is -2.21. The summed E-state index contributed by atoms with van der Waals surface area (Å²) >= 11 is 6.06. The van der Waals surface area contributed by atoms with Crippen LogP contribution < -0.4 is 0 Å². The van der Waals surface area contributed by atoms with Crippen LogP contribution in [0.5, 0.6) is 0 Å². The molecule has 0 aromatic carbocycles. The smallest absolute Gasteiger partial charge is 0.185 e. The van der Waals surface area contributed by atoms with Gasteiger partial charge in [-0.15, -0.1) is 0 Å². The van der Waals surface area contributed by atoms with Crippen molar-refractivity contribution in [1.82, 2.24) is 9.78 Å². The topological polar surface area (TPSA) is 44.1 Å². The summed E-state index contributed by atoms with van der Waals surface area (Å²) in [4.78, 5) is 12.4. The third-order valence-electron chi connectivity index (χ3n) is 3.06. The van der Waals surface area contributed by atoms with E-state index in [9.17, 15) is 4.79 Å². The molecule has 0 unspecified atom stereocenters. The van der Waals surface area contributed by atoms with Crippen LogP contribution in [-0.2, 0) is 11.3 Å². The lowest BCUT2D eigenvalue weighted by molar-refractivity contribution is 0.0538. The van der Waals surface area contributed by atoms with Gasteiger partial charge in [0.2, 0.25) is 0 Å². The number of aromatic nitrogens is 2. The first-order valence-corrected chi connectivity index (χ1v) is 6.45. The zero-order valence-corrected chi connectivity index (χ0v) is 10.7. The van der Waals surface area contributed by atoms with Crippen molar-refractivity contribution >= 4 is 17.4 Å². The van der Waals surface area contributed by atoms with Crippen molar-refractivity contribution in [2.45, 2.75) is 32.7 Å². The van der Waals surface area contributed by atoms with E-state index in [-0.39, 0.29) is 11.7 Å². The molecule has 5 heteroatoms. The Kier molecular flexibility index (Phi) is 4.18. The van der Waals surface area contributed by atoms with Gasteiger partial charge in [-0.2, -0.15) is 5.10 Å². The Bertz CT molecular complexity index is 397. The summed E-state index contributed by atoms with van der Waals surface area (Å²) in [5.74, 6) is 0.151. The first-order chi connectivity index (χ1) is 8.24. The van der Waals surface area contributed by atoms with Crippen molar-refractivity contribution in [2.24, 2.45) is 5.92 Å². The normalized spacial score (nSPS) is 17.3. The average Bonchev–Trinajstić information content (AvgIpc) is 2.71. The second kappa shape index (κ2) is 5.65. The number of ketones is 1. The molecular weight excluding hydrogens is 240 g/mol. The maximum atomic E-state index is 12.4. The van der Waals surface area contributed by atoms with Gasteiger partial charge in [0.05, 0.1) is 11.2 Å². The quantitative estimate of drug-likeness (QED) is 0.778. The molecule has 0 radical (unpaired) electrons. The fourth-order valence-electron chi connectivity index (χ4n) is 2.14. The van der Waals surface area contributed by atoms with Gasteiger partial charge in [0.1, 0.15) is 5.69 Å². The fourth-order valence-corrected chi connectivity index (χ4v) is 2.38. The molecule has 1 aliphatic heterocycles. The minimum Gasteiger partial charge on any atom is -0.381 e. The molecule has 94 valence electrons. The highest BCUT2D eigenvalue weighted by atomic mass is 35.5. The van der Waals surface area contributed by atoms with E-state index in [4.69, 9.17) is 16.3 Å². The molecule has 1 aromatic rings. The van der Waals surface area contributed by atoms with Gasteiger partial charge in [-0.05, 0) is 19.3 Å². The first kappa shape index (κ1) is 12.6. The predicted molar refractivity (Wildman–Crippen MR) is 65.4 cm³/mol. The van der Waals surface area contributed by atoms with Crippen molar-refractivity contribution < 1.29 is 9.53 Å². The van der Waals surface area contributed by atoms with Crippen LogP contribution in [0.4, 0.5) is 0 Å². The second-order valence-corrected chi connectivity index (χ2v) is 4.72. The predicted octanol–water partition coefficient (Wildman–Crippen LogP) is 2.56. The molecule has 0 amide bonds. The minimum absolute atomic E-state index is 0.0357. The summed E-state index contributed by atoms with van der Waals surface area (Å²) in [6.07, 6.45) is 4.06. The van der Waals surface area contributed by atoms with Gasteiger partial charge in [0.15, 0.2) is 5.78 Å². The van der Waals surface area contributed by atoms with Gasteiger partial charge >= 0.3 is 0 Å². The highest BCUT2D eigenvalue weighted by Gasteiger charge is 2.27. The van der Waals surface area contributed by atoms with Crippen molar-refractivity contribution in [1.29, 1.82) is 0 Å². The van der Waals surface area contributed by atoms with Gasteiger partial charge in [0.25, 0.3) is 0 Å². The van der Waals surface area contributed by atoms with E-state index < -0.39 is 0 Å². The molecule has 0 atom stereocenters. The fraction of sp³-hybridized carbons (Fsp3) is 0.667. The molecule has 0 N–H and O–H groups in total. The number of halogens is 1. The third-order valence-corrected chi connectivity index (χ3v) is 3.33. The van der Waals surface area contributed by atoms with Crippen LogP contribution >= 0.6 is 11.6 Å². The average molecular weight is 257 g/mol. The largest absolute Gasteiger partial charge is 0.381 e. The summed E-state index contributed by atoms with van der Waals surface area (Å²) in [5.41, 5.74) is 0.570. The van der Waals surface area contributed by atoms with Gasteiger partial charge < -0.3 is 4.74 Å². The van der Waals surface area contributed by atoms with Crippen molar-refractivity contribution in [3.8, 4) is 0 Å². The van der Waals surface area contributed by atoms with Crippen LogP contribution in [0.15, 0.2) is 6.20 Å². The van der Waals surface area contributed by atoms with Gasteiger partial charge in [-0.3, -0.25) is 9.48 Å². The molecule has 0 saturated carbocycles. The second-order valence-electron chi connectivity index (χ2n) is 4.32. The molecule has 1 aliphatic rings. The number of aryl methyl sites for hydroxylation is 1.